The second kappa shape index (κ2) is 6.63. The predicted molar refractivity (Wildman–Crippen MR) is 102 cm³/mol. The summed E-state index contributed by atoms with van der Waals surface area (Å²) in [5.41, 5.74) is 2.06. The number of nitro benzene ring substituents is 1. The van der Waals surface area contributed by atoms with Crippen LogP contribution in [0.4, 0.5) is 5.69 Å². The summed E-state index contributed by atoms with van der Waals surface area (Å²) in [6.07, 6.45) is 2.75. The number of rotatable bonds is 4. The highest BCUT2D eigenvalue weighted by molar-refractivity contribution is 5.81. The van der Waals surface area contributed by atoms with Gasteiger partial charge in [0.2, 0.25) is 5.91 Å². The Balaban J connectivity index is 1.61. The first kappa shape index (κ1) is 18.0. The van der Waals surface area contributed by atoms with Crippen molar-refractivity contribution in [2.75, 3.05) is 0 Å². The molecule has 144 valence electrons. The number of amides is 1. The number of benzene rings is 2. The normalized spacial score (nSPS) is 18.6. The average Bonchev–Trinajstić information content (AvgIpc) is 2.96. The van der Waals surface area contributed by atoms with Crippen molar-refractivity contribution >= 4 is 22.7 Å². The van der Waals surface area contributed by atoms with E-state index in [2.05, 4.69) is 11.4 Å². The molecule has 0 radical (unpaired) electrons. The lowest BCUT2D eigenvalue weighted by molar-refractivity contribution is -0.384. The van der Waals surface area contributed by atoms with Crippen molar-refractivity contribution in [2.24, 2.45) is 0 Å². The molecule has 1 aromatic heterocycles. The molecule has 4 rings (SSSR count). The van der Waals surface area contributed by atoms with Crippen molar-refractivity contribution in [3.8, 4) is 0 Å². The summed E-state index contributed by atoms with van der Waals surface area (Å²) in [6, 6.07) is 11.9. The molecule has 0 saturated heterocycles. The number of carbonyl (C=O) groups is 1. The summed E-state index contributed by atoms with van der Waals surface area (Å²) in [7, 11) is 0. The van der Waals surface area contributed by atoms with Crippen LogP contribution >= 0.6 is 0 Å². The molecule has 8 heteroatoms. The summed E-state index contributed by atoms with van der Waals surface area (Å²) in [5.74, 6) is -1.04. The van der Waals surface area contributed by atoms with Crippen LogP contribution in [0.1, 0.15) is 30.9 Å². The number of carbonyl (C=O) groups excluding carboxylic acids is 1. The van der Waals surface area contributed by atoms with Gasteiger partial charge in [0.05, 0.1) is 22.0 Å². The van der Waals surface area contributed by atoms with Gasteiger partial charge >= 0.3 is 5.76 Å². The van der Waals surface area contributed by atoms with Gasteiger partial charge in [0.25, 0.3) is 5.69 Å². The van der Waals surface area contributed by atoms with E-state index in [1.54, 1.807) is 0 Å². The molecule has 1 aliphatic carbocycles. The molecule has 1 N–H and O–H groups in total. The van der Waals surface area contributed by atoms with Crippen LogP contribution in [0.2, 0.25) is 0 Å². The summed E-state index contributed by atoms with van der Waals surface area (Å²) in [6.45, 7) is 1.77. The number of oxazole rings is 1. The van der Waals surface area contributed by atoms with Crippen molar-refractivity contribution < 1.29 is 14.1 Å². The fourth-order valence-corrected chi connectivity index (χ4v) is 3.98. The van der Waals surface area contributed by atoms with Gasteiger partial charge in [-0.05, 0) is 43.4 Å². The Morgan fingerprint density at radius 3 is 2.89 bits per heavy atom. The first-order valence-electron chi connectivity index (χ1n) is 9.04. The molecule has 0 saturated carbocycles. The van der Waals surface area contributed by atoms with Crippen LogP contribution in [0.25, 0.3) is 11.1 Å². The minimum atomic E-state index is -0.722. The van der Waals surface area contributed by atoms with E-state index in [-0.39, 0.29) is 23.7 Å². The second-order valence-electron chi connectivity index (χ2n) is 7.25. The highest BCUT2D eigenvalue weighted by Crippen LogP contribution is 2.34. The first-order valence-corrected chi connectivity index (χ1v) is 9.04. The van der Waals surface area contributed by atoms with Crippen molar-refractivity contribution in [1.82, 2.24) is 9.88 Å². The lowest BCUT2D eigenvalue weighted by Crippen LogP contribution is -2.47. The Morgan fingerprint density at radius 2 is 2.11 bits per heavy atom. The maximum Gasteiger partial charge on any atom is 0.420 e. The van der Waals surface area contributed by atoms with E-state index in [9.17, 15) is 19.7 Å². The number of hydrogen-bond donors (Lipinski definition) is 1. The van der Waals surface area contributed by atoms with Gasteiger partial charge in [0.1, 0.15) is 6.54 Å². The Bertz CT molecular complexity index is 1150. The Kier molecular flexibility index (Phi) is 4.26. The maximum atomic E-state index is 12.7. The van der Waals surface area contributed by atoms with E-state index >= 15 is 0 Å². The largest absolute Gasteiger partial charge is 0.420 e. The lowest BCUT2D eigenvalue weighted by atomic mass is 9.78. The standard InChI is InChI=1S/C20H19N3O5/c1-20(10-4-6-13-5-2-3-7-15(13)20)21-18(24)12-22-16-9-8-14(23(26)27)11-17(16)28-19(22)25/h2-3,5,7-9,11H,4,6,10,12H2,1H3,(H,21,24). The zero-order valence-corrected chi connectivity index (χ0v) is 15.3. The monoisotopic (exact) mass is 381 g/mol. The number of nitro groups is 1. The van der Waals surface area contributed by atoms with Crippen molar-refractivity contribution in [2.45, 2.75) is 38.3 Å². The number of nitrogens with one attached hydrogen (secondary N) is 1. The van der Waals surface area contributed by atoms with Crippen LogP contribution in [0, 0.1) is 10.1 Å². The highest BCUT2D eigenvalue weighted by atomic mass is 16.6. The fraction of sp³-hybridized carbons (Fsp3) is 0.300. The van der Waals surface area contributed by atoms with Crippen molar-refractivity contribution in [3.05, 3.63) is 74.3 Å². The first-order chi connectivity index (χ1) is 13.4. The minimum absolute atomic E-state index is 0.0845. The van der Waals surface area contributed by atoms with E-state index in [1.165, 1.54) is 28.3 Å². The number of aromatic nitrogens is 1. The number of aryl methyl sites for hydroxylation is 1. The van der Waals surface area contributed by atoms with Crippen LogP contribution in [-0.4, -0.2) is 15.4 Å². The Morgan fingerprint density at radius 1 is 1.32 bits per heavy atom. The van der Waals surface area contributed by atoms with Gasteiger partial charge in [-0.25, -0.2) is 4.79 Å². The number of hydrogen-bond acceptors (Lipinski definition) is 5. The van der Waals surface area contributed by atoms with E-state index in [1.807, 2.05) is 25.1 Å². The van der Waals surface area contributed by atoms with Gasteiger partial charge in [-0.3, -0.25) is 19.5 Å². The lowest BCUT2D eigenvalue weighted by Gasteiger charge is -2.37. The third-order valence-electron chi connectivity index (χ3n) is 5.31. The van der Waals surface area contributed by atoms with Crippen LogP contribution in [-0.2, 0) is 23.3 Å². The zero-order valence-electron chi connectivity index (χ0n) is 15.3. The third-order valence-corrected chi connectivity index (χ3v) is 5.31. The topological polar surface area (TPSA) is 107 Å². The summed E-state index contributed by atoms with van der Waals surface area (Å²) in [4.78, 5) is 35.2. The molecule has 0 spiro atoms. The SMILES string of the molecule is CC1(NC(=O)Cn2c(=O)oc3cc([N+](=O)[O-])ccc32)CCCc2ccccc21. The van der Waals surface area contributed by atoms with E-state index in [0.29, 0.717) is 5.52 Å². The van der Waals surface area contributed by atoms with E-state index in [0.717, 1.165) is 24.8 Å². The van der Waals surface area contributed by atoms with Gasteiger partial charge in [-0.15, -0.1) is 0 Å². The minimum Gasteiger partial charge on any atom is -0.407 e. The van der Waals surface area contributed by atoms with Gasteiger partial charge in [0.15, 0.2) is 5.58 Å². The summed E-state index contributed by atoms with van der Waals surface area (Å²) >= 11 is 0. The molecule has 28 heavy (non-hydrogen) atoms. The van der Waals surface area contributed by atoms with Gasteiger partial charge in [-0.2, -0.15) is 0 Å². The Hall–Kier alpha value is -3.42. The highest BCUT2D eigenvalue weighted by Gasteiger charge is 2.33. The number of fused-ring (bicyclic) bond motifs is 2. The molecule has 3 aromatic rings. The smallest absolute Gasteiger partial charge is 0.407 e. The van der Waals surface area contributed by atoms with Gasteiger partial charge in [-0.1, -0.05) is 24.3 Å². The van der Waals surface area contributed by atoms with Gasteiger partial charge in [0, 0.05) is 6.07 Å². The van der Waals surface area contributed by atoms with Gasteiger partial charge < -0.3 is 9.73 Å². The van der Waals surface area contributed by atoms with Crippen molar-refractivity contribution in [1.29, 1.82) is 0 Å². The predicted octanol–water partition coefficient (Wildman–Crippen LogP) is 2.87. The quantitative estimate of drug-likeness (QED) is 0.552. The molecule has 1 unspecified atom stereocenters. The average molecular weight is 381 g/mol. The van der Waals surface area contributed by atoms with E-state index in [4.69, 9.17) is 4.42 Å². The number of nitrogens with zero attached hydrogens (tertiary/aromatic N) is 2. The molecule has 1 heterocycles. The van der Waals surface area contributed by atoms with Crippen LogP contribution < -0.4 is 11.1 Å². The molecule has 1 aliphatic rings. The second-order valence-corrected chi connectivity index (χ2v) is 7.25. The molecule has 1 atom stereocenters. The van der Waals surface area contributed by atoms with Crippen LogP contribution in [0.3, 0.4) is 0 Å². The molecule has 1 amide bonds. The molecule has 0 fully saturated rings. The fourth-order valence-electron chi connectivity index (χ4n) is 3.98. The molecular formula is C20H19N3O5. The summed E-state index contributed by atoms with van der Waals surface area (Å²) < 4.78 is 6.27. The maximum absolute atomic E-state index is 12.7. The van der Waals surface area contributed by atoms with Crippen LogP contribution in [0.15, 0.2) is 51.7 Å². The van der Waals surface area contributed by atoms with Crippen molar-refractivity contribution in [3.63, 3.8) is 0 Å². The molecule has 8 nitrogen and oxygen atoms in total. The number of non-ortho nitro benzene ring substituents is 1. The molecule has 0 bridgehead atoms. The van der Waals surface area contributed by atoms with Crippen LogP contribution in [0.5, 0.6) is 0 Å². The third kappa shape index (κ3) is 3.06. The zero-order chi connectivity index (χ0) is 19.9. The molecule has 2 aromatic carbocycles. The molecule has 0 aliphatic heterocycles. The van der Waals surface area contributed by atoms with E-state index < -0.39 is 16.2 Å². The Labute approximate surface area is 159 Å². The molecular weight excluding hydrogens is 362 g/mol. The summed E-state index contributed by atoms with van der Waals surface area (Å²) in [5, 5.41) is 13.9.